The van der Waals surface area contributed by atoms with Crippen molar-refractivity contribution in [1.29, 1.82) is 0 Å². The fraction of sp³-hybridized carbons (Fsp3) is 0.795. The molecule has 3 aliphatic rings. The average molecular weight is 740 g/mol. The lowest BCUT2D eigenvalue weighted by atomic mass is 9.90. The van der Waals surface area contributed by atoms with E-state index in [-0.39, 0.29) is 42.7 Å². The molecule has 0 aromatic heterocycles. The third-order valence-electron chi connectivity index (χ3n) is 11.7. The second kappa shape index (κ2) is 21.1. The van der Waals surface area contributed by atoms with E-state index in [4.69, 9.17) is 44.1 Å². The Morgan fingerprint density at radius 2 is 1.49 bits per heavy atom. The Hall–Kier alpha value is -0.756. The van der Waals surface area contributed by atoms with Crippen LogP contribution in [0, 0.1) is 11.8 Å². The zero-order valence-corrected chi connectivity index (χ0v) is 34.2. The van der Waals surface area contributed by atoms with Crippen molar-refractivity contribution in [3.05, 3.63) is 41.4 Å². The molecular formula is C39H67ClO7Si2. The lowest BCUT2D eigenvalue weighted by molar-refractivity contribution is -0.193. The SMILES string of the molecule is CC[Si](CC)(CC)OCC[C@H]1C(O[Si](CC)(CC)CC)C[C@@H](OC2CCCCO2)[C@@H]1/C=C/[C@H](COc1cccc(Cl)c1)OC1CCCCO1. The van der Waals surface area contributed by atoms with Gasteiger partial charge in [-0.25, -0.2) is 0 Å². The van der Waals surface area contributed by atoms with E-state index in [1.807, 2.05) is 24.3 Å². The molecule has 49 heavy (non-hydrogen) atoms. The first kappa shape index (κ1) is 41.0. The van der Waals surface area contributed by atoms with Crippen LogP contribution in [0.1, 0.15) is 92.9 Å². The van der Waals surface area contributed by atoms with E-state index in [0.29, 0.717) is 11.6 Å². The van der Waals surface area contributed by atoms with Gasteiger partial charge in [0.1, 0.15) is 18.5 Å². The highest BCUT2D eigenvalue weighted by molar-refractivity contribution is 6.74. The highest BCUT2D eigenvalue weighted by atomic mass is 35.5. The molecule has 0 amide bonds. The number of rotatable bonds is 21. The van der Waals surface area contributed by atoms with Gasteiger partial charge in [-0.1, -0.05) is 71.4 Å². The predicted molar refractivity (Wildman–Crippen MR) is 204 cm³/mol. The van der Waals surface area contributed by atoms with Crippen molar-refractivity contribution in [2.75, 3.05) is 26.4 Å². The van der Waals surface area contributed by atoms with E-state index in [9.17, 15) is 0 Å². The Morgan fingerprint density at radius 3 is 2.08 bits per heavy atom. The largest absolute Gasteiger partial charge is 0.490 e. The zero-order valence-electron chi connectivity index (χ0n) is 31.5. The van der Waals surface area contributed by atoms with Crippen LogP contribution in [0.25, 0.3) is 0 Å². The molecule has 2 heterocycles. The van der Waals surface area contributed by atoms with Crippen LogP contribution < -0.4 is 4.74 Å². The van der Waals surface area contributed by atoms with Gasteiger partial charge in [0.2, 0.25) is 0 Å². The fourth-order valence-electron chi connectivity index (χ4n) is 7.95. The molecule has 0 spiro atoms. The van der Waals surface area contributed by atoms with Crippen molar-refractivity contribution in [2.24, 2.45) is 11.8 Å². The molecule has 4 rings (SSSR count). The topological polar surface area (TPSA) is 64.6 Å². The van der Waals surface area contributed by atoms with Crippen LogP contribution in [0.4, 0.5) is 0 Å². The molecule has 1 saturated carbocycles. The van der Waals surface area contributed by atoms with Crippen molar-refractivity contribution in [1.82, 2.24) is 0 Å². The third-order valence-corrected chi connectivity index (χ3v) is 21.3. The van der Waals surface area contributed by atoms with Crippen molar-refractivity contribution < 1.29 is 32.5 Å². The van der Waals surface area contributed by atoms with E-state index in [1.54, 1.807) is 0 Å². The van der Waals surface area contributed by atoms with Gasteiger partial charge >= 0.3 is 0 Å². The summed E-state index contributed by atoms with van der Waals surface area (Å²) in [6.45, 7) is 16.5. The maximum absolute atomic E-state index is 7.37. The molecule has 7 atom stereocenters. The first-order chi connectivity index (χ1) is 23.8. The molecule has 0 bridgehead atoms. The molecule has 0 radical (unpaired) electrons. The van der Waals surface area contributed by atoms with Gasteiger partial charge in [-0.2, -0.15) is 0 Å². The van der Waals surface area contributed by atoms with Gasteiger partial charge < -0.3 is 32.5 Å². The Morgan fingerprint density at radius 1 is 0.837 bits per heavy atom. The highest BCUT2D eigenvalue weighted by Gasteiger charge is 2.47. The van der Waals surface area contributed by atoms with Gasteiger partial charge in [0, 0.05) is 30.8 Å². The quantitative estimate of drug-likeness (QED) is 0.0919. The van der Waals surface area contributed by atoms with E-state index >= 15 is 0 Å². The lowest BCUT2D eigenvalue weighted by Crippen LogP contribution is -2.42. The minimum absolute atomic E-state index is 0.00225. The van der Waals surface area contributed by atoms with E-state index in [1.165, 1.54) is 0 Å². The molecule has 2 saturated heterocycles. The van der Waals surface area contributed by atoms with E-state index in [2.05, 4.69) is 53.7 Å². The molecule has 10 heteroatoms. The fourth-order valence-corrected chi connectivity index (χ4v) is 13.7. The molecule has 1 aromatic rings. The summed E-state index contributed by atoms with van der Waals surface area (Å²) in [6.07, 6.45) is 12.1. The summed E-state index contributed by atoms with van der Waals surface area (Å²) in [5, 5.41) is 0.653. The smallest absolute Gasteiger partial charge is 0.192 e. The standard InChI is InChI=1S/C39H67ClO7Si2/c1-7-48(8-2,9-3)44-27-24-35-34(36(46-39-21-14-16-26-42-39)29-37(35)47-49(10-4,11-5)12-6)23-22-33(45-38-20-13-15-25-41-38)30-43-32-19-17-18-31(40)28-32/h17-19,22-23,28,33-39H,7-16,20-21,24-27,29-30H2,1-6H3/b23-22+/t33-,34-,35-,36-,37?,38?,39?/m1/s1. The number of hydrogen-bond donors (Lipinski definition) is 0. The normalized spacial score (nSPS) is 27.5. The van der Waals surface area contributed by atoms with Gasteiger partial charge in [-0.15, -0.1) is 0 Å². The van der Waals surface area contributed by atoms with Crippen molar-refractivity contribution in [3.63, 3.8) is 0 Å². The summed E-state index contributed by atoms with van der Waals surface area (Å²) in [4.78, 5) is 0. The van der Waals surface area contributed by atoms with Gasteiger partial charge in [0.05, 0.1) is 12.2 Å². The summed E-state index contributed by atoms with van der Waals surface area (Å²) in [7, 11) is -3.60. The molecule has 7 nitrogen and oxygen atoms in total. The van der Waals surface area contributed by atoms with Crippen LogP contribution in [-0.2, 0) is 27.8 Å². The van der Waals surface area contributed by atoms with Crippen LogP contribution in [0.5, 0.6) is 5.75 Å². The second-order valence-corrected chi connectivity index (χ2v) is 24.3. The van der Waals surface area contributed by atoms with Gasteiger partial charge in [-0.3, -0.25) is 0 Å². The molecule has 3 unspecified atom stereocenters. The Kier molecular flexibility index (Phi) is 17.6. The van der Waals surface area contributed by atoms with Crippen molar-refractivity contribution >= 4 is 28.2 Å². The van der Waals surface area contributed by atoms with Crippen LogP contribution in [0.2, 0.25) is 41.3 Å². The molecule has 3 fully saturated rings. The Bertz CT molecular complexity index is 1070. The van der Waals surface area contributed by atoms with Crippen molar-refractivity contribution in [3.8, 4) is 5.75 Å². The summed E-state index contributed by atoms with van der Waals surface area (Å²) < 4.78 is 46.1. The summed E-state index contributed by atoms with van der Waals surface area (Å²) >= 11 is 6.28. The molecule has 1 aliphatic carbocycles. The lowest BCUT2D eigenvalue weighted by Gasteiger charge is -2.36. The second-order valence-electron chi connectivity index (χ2n) is 14.4. The molecule has 0 N–H and O–H groups in total. The highest BCUT2D eigenvalue weighted by Crippen LogP contribution is 2.43. The van der Waals surface area contributed by atoms with Crippen LogP contribution in [0.3, 0.4) is 0 Å². The van der Waals surface area contributed by atoms with E-state index in [0.717, 1.165) is 113 Å². The molecule has 280 valence electrons. The minimum atomic E-state index is -1.88. The molecule has 2 aliphatic heterocycles. The predicted octanol–water partition coefficient (Wildman–Crippen LogP) is 10.5. The number of ether oxygens (including phenoxy) is 5. The maximum Gasteiger partial charge on any atom is 0.192 e. The monoisotopic (exact) mass is 738 g/mol. The van der Waals surface area contributed by atoms with E-state index < -0.39 is 16.6 Å². The van der Waals surface area contributed by atoms with Crippen LogP contribution >= 0.6 is 11.6 Å². The first-order valence-electron chi connectivity index (χ1n) is 19.7. The Labute approximate surface area is 305 Å². The number of halogens is 1. The molecular weight excluding hydrogens is 672 g/mol. The zero-order chi connectivity index (χ0) is 35.1. The summed E-state index contributed by atoms with van der Waals surface area (Å²) in [5.41, 5.74) is 0. The average Bonchev–Trinajstić information content (AvgIpc) is 3.45. The summed E-state index contributed by atoms with van der Waals surface area (Å²) in [6, 6.07) is 14.4. The van der Waals surface area contributed by atoms with Crippen molar-refractivity contribution in [2.45, 2.75) is 160 Å². The molecule has 1 aromatic carbocycles. The van der Waals surface area contributed by atoms with Crippen LogP contribution in [-0.4, -0.2) is 74.0 Å². The third kappa shape index (κ3) is 12.1. The first-order valence-corrected chi connectivity index (χ1v) is 25.2. The number of hydrogen-bond acceptors (Lipinski definition) is 7. The van der Waals surface area contributed by atoms with Gasteiger partial charge in [-0.05, 0) is 112 Å². The number of benzene rings is 1. The van der Waals surface area contributed by atoms with Gasteiger partial charge in [0.15, 0.2) is 29.2 Å². The van der Waals surface area contributed by atoms with Gasteiger partial charge in [0.25, 0.3) is 0 Å². The Balaban J connectivity index is 1.63. The van der Waals surface area contributed by atoms with Crippen LogP contribution in [0.15, 0.2) is 36.4 Å². The summed E-state index contributed by atoms with van der Waals surface area (Å²) in [5.74, 6) is 1.15. The minimum Gasteiger partial charge on any atom is -0.490 e. The maximum atomic E-state index is 7.37.